The zero-order chi connectivity index (χ0) is 18.8. The summed E-state index contributed by atoms with van der Waals surface area (Å²) in [5.74, 6) is 2.12. The van der Waals surface area contributed by atoms with Crippen molar-refractivity contribution in [1.29, 1.82) is 0 Å². The Labute approximate surface area is 154 Å². The molecule has 0 aromatic carbocycles. The molecule has 0 saturated carbocycles. The molecule has 24 heavy (non-hydrogen) atoms. The quantitative estimate of drug-likeness (QED) is 0.751. The predicted molar refractivity (Wildman–Crippen MR) is 99.7 cm³/mol. The van der Waals surface area contributed by atoms with Crippen LogP contribution in [0.3, 0.4) is 0 Å². The van der Waals surface area contributed by atoms with Gasteiger partial charge in [0.05, 0.1) is 0 Å². The average Bonchev–Trinajstić information content (AvgIpc) is 3.18. The van der Waals surface area contributed by atoms with Gasteiger partial charge in [0.2, 0.25) is 0 Å². The summed E-state index contributed by atoms with van der Waals surface area (Å²) in [6.45, 7) is 1.41. The number of ether oxygens (including phenoxy) is 1. The summed E-state index contributed by atoms with van der Waals surface area (Å²) in [4.78, 5) is 1.61. The van der Waals surface area contributed by atoms with Crippen LogP contribution in [0, 0.1) is 11.8 Å². The Hall–Kier alpha value is -0.450. The predicted octanol–water partition coefficient (Wildman–Crippen LogP) is 3.93. The Kier molecular flexibility index (Phi) is 3.24. The van der Waals surface area contributed by atoms with Gasteiger partial charge in [0.25, 0.3) is 0 Å². The van der Waals surface area contributed by atoms with Crippen LogP contribution in [0.25, 0.3) is 0 Å². The van der Waals surface area contributed by atoms with E-state index in [2.05, 4.69) is 29.3 Å². The van der Waals surface area contributed by atoms with E-state index in [9.17, 15) is 0 Å². The van der Waals surface area contributed by atoms with Crippen molar-refractivity contribution in [2.75, 3.05) is 6.54 Å². The third-order valence-electron chi connectivity index (χ3n) is 6.57. The van der Waals surface area contributed by atoms with E-state index in [-0.39, 0.29) is 6.23 Å². The summed E-state index contributed by atoms with van der Waals surface area (Å²) in [6, 6.07) is -0.0298. The van der Waals surface area contributed by atoms with E-state index in [4.69, 9.17) is 8.85 Å². The number of fused-ring (bicyclic) bond motifs is 3. The average molecular weight is 350 g/mol. The number of nitrogens with one attached hydrogen (secondary N) is 2. The molecule has 4 heterocycles. The van der Waals surface area contributed by atoms with Gasteiger partial charge >= 0.3 is 0 Å². The molecule has 0 aromatic heterocycles. The van der Waals surface area contributed by atoms with Gasteiger partial charge in [-0.05, 0) is 67.8 Å². The van der Waals surface area contributed by atoms with Crippen molar-refractivity contribution in [3.05, 3.63) is 21.8 Å². The minimum absolute atomic E-state index is 0.114. The topological polar surface area (TPSA) is 33.3 Å². The molecule has 5 rings (SSSR count). The fraction of sp³-hybridized carbons (Fsp3) is 0.800. The summed E-state index contributed by atoms with van der Waals surface area (Å²) in [7, 11) is 0. The Morgan fingerprint density at radius 2 is 2.21 bits per heavy atom. The number of hydrogen-bond donors (Lipinski definition) is 2. The van der Waals surface area contributed by atoms with Crippen molar-refractivity contribution >= 4 is 11.8 Å². The van der Waals surface area contributed by atoms with Crippen LogP contribution in [-0.4, -0.2) is 30.1 Å². The zero-order valence-electron chi connectivity index (χ0n) is 17.4. The third-order valence-corrected chi connectivity index (χ3v) is 7.88. The first kappa shape index (κ1) is 12.8. The van der Waals surface area contributed by atoms with Crippen molar-refractivity contribution in [2.45, 2.75) is 82.3 Å². The highest BCUT2D eigenvalue weighted by atomic mass is 32.2. The van der Waals surface area contributed by atoms with Crippen molar-refractivity contribution in [3.8, 4) is 0 Å². The van der Waals surface area contributed by atoms with Gasteiger partial charge in [-0.25, -0.2) is 0 Å². The van der Waals surface area contributed by atoms with Gasteiger partial charge in [-0.3, -0.25) is 5.32 Å². The molecule has 2 saturated heterocycles. The first-order valence-corrected chi connectivity index (χ1v) is 10.5. The van der Waals surface area contributed by atoms with Crippen LogP contribution in [0.4, 0.5) is 0 Å². The second-order valence-electron chi connectivity index (χ2n) is 8.18. The second kappa shape index (κ2) is 6.07. The summed E-state index contributed by atoms with van der Waals surface area (Å²) >= 11 is 2.07. The maximum absolute atomic E-state index is 7.75. The summed E-state index contributed by atoms with van der Waals surface area (Å²) in [5, 5.41) is 7.83. The number of hydrogen-bond acceptors (Lipinski definition) is 4. The van der Waals surface area contributed by atoms with Crippen molar-refractivity contribution in [1.82, 2.24) is 10.6 Å². The van der Waals surface area contributed by atoms with Gasteiger partial charge in [0.1, 0.15) is 5.76 Å². The van der Waals surface area contributed by atoms with E-state index in [0.29, 0.717) is 17.9 Å². The molecule has 0 bridgehead atoms. The molecule has 3 nitrogen and oxygen atoms in total. The fourth-order valence-corrected chi connectivity index (χ4v) is 6.81. The van der Waals surface area contributed by atoms with Crippen molar-refractivity contribution in [3.63, 3.8) is 0 Å². The van der Waals surface area contributed by atoms with Crippen LogP contribution >= 0.6 is 11.8 Å². The minimum Gasteiger partial charge on any atom is -0.479 e. The number of allylic oxidation sites excluding steroid dienone is 1. The summed E-state index contributed by atoms with van der Waals surface area (Å²) in [6.07, 6.45) is 7.45. The molecule has 0 spiro atoms. The highest BCUT2D eigenvalue weighted by Crippen LogP contribution is 2.49. The van der Waals surface area contributed by atoms with Crippen LogP contribution < -0.4 is 10.6 Å². The number of piperidine rings is 1. The normalized spacial score (nSPS) is 47.3. The Bertz CT molecular complexity index is 689. The lowest BCUT2D eigenvalue weighted by molar-refractivity contribution is 0.0575. The SMILES string of the molecule is [2H]C([2H])([2H])C1CCC2[C@@H]3CCCC([C@H]4CC5=C(CN4)C[C@H](C)S5)=C3O[C@@H]2N1. The van der Waals surface area contributed by atoms with Crippen LogP contribution in [0.1, 0.15) is 62.8 Å². The van der Waals surface area contributed by atoms with E-state index < -0.39 is 12.9 Å². The van der Waals surface area contributed by atoms with Crippen LogP contribution in [0.2, 0.25) is 0 Å². The van der Waals surface area contributed by atoms with Gasteiger partial charge in [-0.2, -0.15) is 0 Å². The second-order valence-corrected chi connectivity index (χ2v) is 9.72. The monoisotopic (exact) mass is 349 g/mol. The zero-order valence-corrected chi connectivity index (χ0v) is 15.3. The molecule has 6 atom stereocenters. The molecule has 0 amide bonds. The molecule has 1 aliphatic carbocycles. The number of rotatable bonds is 1. The van der Waals surface area contributed by atoms with Gasteiger partial charge in [-0.1, -0.05) is 6.92 Å². The van der Waals surface area contributed by atoms with Gasteiger partial charge in [0, 0.05) is 39.8 Å². The molecular weight excluding hydrogens is 316 g/mol. The molecule has 2 N–H and O–H groups in total. The van der Waals surface area contributed by atoms with E-state index in [1.807, 2.05) is 0 Å². The number of thioether (sulfide) groups is 1. The maximum atomic E-state index is 7.75. The lowest BCUT2D eigenvalue weighted by atomic mass is 9.76. The highest BCUT2D eigenvalue weighted by molar-refractivity contribution is 8.03. The fourth-order valence-electron chi connectivity index (χ4n) is 5.45. The molecule has 4 heteroatoms. The smallest absolute Gasteiger partial charge is 0.153 e. The first-order chi connectivity index (χ1) is 12.9. The van der Waals surface area contributed by atoms with Crippen LogP contribution in [0.15, 0.2) is 21.8 Å². The Morgan fingerprint density at radius 1 is 1.25 bits per heavy atom. The molecule has 4 aliphatic heterocycles. The summed E-state index contributed by atoms with van der Waals surface area (Å²) in [5.41, 5.74) is 3.09. The van der Waals surface area contributed by atoms with Gasteiger partial charge in [-0.15, -0.1) is 11.8 Å². The van der Waals surface area contributed by atoms with Crippen LogP contribution in [-0.2, 0) is 4.74 Å². The van der Waals surface area contributed by atoms with Crippen molar-refractivity contribution < 1.29 is 8.85 Å². The maximum Gasteiger partial charge on any atom is 0.153 e. The molecular formula is C20H30N2OS. The largest absolute Gasteiger partial charge is 0.479 e. The Morgan fingerprint density at radius 3 is 3.12 bits per heavy atom. The molecule has 5 aliphatic rings. The summed E-state index contributed by atoms with van der Waals surface area (Å²) < 4.78 is 29.7. The van der Waals surface area contributed by atoms with E-state index in [0.717, 1.165) is 37.5 Å². The van der Waals surface area contributed by atoms with E-state index in [1.54, 1.807) is 10.5 Å². The lowest BCUT2D eigenvalue weighted by Crippen LogP contribution is -2.45. The molecule has 2 unspecified atom stereocenters. The van der Waals surface area contributed by atoms with Gasteiger partial charge < -0.3 is 10.1 Å². The molecule has 132 valence electrons. The lowest BCUT2D eigenvalue weighted by Gasteiger charge is -2.33. The van der Waals surface area contributed by atoms with Gasteiger partial charge in [0.15, 0.2) is 6.23 Å². The minimum atomic E-state index is -1.94. The van der Waals surface area contributed by atoms with Crippen molar-refractivity contribution in [2.24, 2.45) is 11.8 Å². The van der Waals surface area contributed by atoms with E-state index >= 15 is 0 Å². The molecule has 0 aromatic rings. The first-order valence-electron chi connectivity index (χ1n) is 11.2. The standard InChI is InChI=1S/C20H30N2OS/c1-11-6-7-15-14-4-3-5-16(19(14)23-20(15)22-11)17-9-18-13(10-21-17)8-12(2)24-18/h11-12,14-15,17,20-22H,3-10H2,1-2H3/t11?,12-,14-,15?,17+,20-/m0/s1/i1D3. The third kappa shape index (κ3) is 2.57. The highest BCUT2D eigenvalue weighted by Gasteiger charge is 2.47. The molecule has 2 fully saturated rings. The Balaban J connectivity index is 1.37. The molecule has 0 radical (unpaired) electrons. The van der Waals surface area contributed by atoms with E-state index in [1.165, 1.54) is 30.6 Å². The van der Waals surface area contributed by atoms with Crippen LogP contribution in [0.5, 0.6) is 0 Å².